The van der Waals surface area contributed by atoms with Gasteiger partial charge < -0.3 is 30.5 Å². The summed E-state index contributed by atoms with van der Waals surface area (Å²) in [7, 11) is 0. The second-order valence-corrected chi connectivity index (χ2v) is 9.16. The third-order valence-corrected chi connectivity index (χ3v) is 5.75. The van der Waals surface area contributed by atoms with Crippen LogP contribution in [-0.2, 0) is 9.47 Å². The van der Waals surface area contributed by atoms with Gasteiger partial charge in [0.1, 0.15) is 11.6 Å². The molecular weight excluding hydrogens is 527 g/mol. The van der Waals surface area contributed by atoms with E-state index in [2.05, 4.69) is 30.9 Å². The Balaban J connectivity index is 1.17. The number of aromatic nitrogens is 3. The van der Waals surface area contributed by atoms with E-state index < -0.39 is 5.82 Å². The number of phenols is 1. The molecule has 0 radical (unpaired) electrons. The summed E-state index contributed by atoms with van der Waals surface area (Å²) in [6.45, 7) is 3.82. The number of ether oxygens (including phenoxy) is 2. The molecule has 4 aromatic rings. The first-order chi connectivity index (χ1) is 19.9. The highest BCUT2D eigenvalue weighted by Crippen LogP contribution is 2.20. The Kier molecular flexibility index (Phi) is 10.9. The molecule has 10 nitrogen and oxygen atoms in total. The molecule has 41 heavy (non-hydrogen) atoms. The molecule has 0 amide bonds. The van der Waals surface area contributed by atoms with E-state index in [0.29, 0.717) is 74.9 Å². The van der Waals surface area contributed by atoms with E-state index in [1.165, 1.54) is 12.1 Å². The second kappa shape index (κ2) is 15.2. The Hall–Kier alpha value is -4.61. The first-order valence-corrected chi connectivity index (χ1v) is 13.3. The van der Waals surface area contributed by atoms with Crippen LogP contribution in [0.4, 0.5) is 33.6 Å². The number of aryl methyl sites for hydroxylation is 1. The summed E-state index contributed by atoms with van der Waals surface area (Å²) in [6, 6.07) is 20.5. The average molecular weight is 561 g/mol. The zero-order chi connectivity index (χ0) is 28.9. The van der Waals surface area contributed by atoms with E-state index in [9.17, 15) is 14.3 Å². The molecule has 214 valence electrons. The van der Waals surface area contributed by atoms with Crippen LogP contribution in [0, 0.1) is 12.7 Å². The Bertz CT molecular complexity index is 1390. The van der Waals surface area contributed by atoms with Crippen LogP contribution in [0.25, 0.3) is 0 Å². The van der Waals surface area contributed by atoms with Crippen molar-refractivity contribution < 1.29 is 23.8 Å². The van der Waals surface area contributed by atoms with Crippen molar-refractivity contribution in [3.8, 4) is 5.75 Å². The minimum absolute atomic E-state index is 0.0968. The topological polar surface area (TPSA) is 131 Å². The number of phenolic OH excluding ortho intramolecular Hbond substituents is 1. The number of hydrogen-bond acceptors (Lipinski definition) is 10. The Labute approximate surface area is 238 Å². The third-order valence-electron chi connectivity index (χ3n) is 5.75. The van der Waals surface area contributed by atoms with Gasteiger partial charge in [-0.25, -0.2) is 4.39 Å². The van der Waals surface area contributed by atoms with Crippen molar-refractivity contribution in [3.05, 3.63) is 89.7 Å². The number of nitrogens with one attached hydrogen (secondary N) is 3. The van der Waals surface area contributed by atoms with Gasteiger partial charge in [-0.3, -0.25) is 4.79 Å². The quantitative estimate of drug-likeness (QED) is 0.0778. The minimum atomic E-state index is -0.401. The molecule has 0 bridgehead atoms. The summed E-state index contributed by atoms with van der Waals surface area (Å²) in [5.41, 5.74) is 2.66. The molecule has 1 aromatic heterocycles. The van der Waals surface area contributed by atoms with Gasteiger partial charge in [-0.2, -0.15) is 15.0 Å². The average Bonchev–Trinajstić information content (AvgIpc) is 2.95. The predicted octanol–water partition coefficient (Wildman–Crippen LogP) is 5.62. The van der Waals surface area contributed by atoms with Crippen molar-refractivity contribution >= 4 is 35.0 Å². The van der Waals surface area contributed by atoms with Gasteiger partial charge in [-0.15, -0.1) is 0 Å². The van der Waals surface area contributed by atoms with Gasteiger partial charge in [0.25, 0.3) is 0 Å². The van der Waals surface area contributed by atoms with E-state index in [4.69, 9.17) is 9.47 Å². The molecule has 0 aliphatic carbocycles. The second-order valence-electron chi connectivity index (χ2n) is 9.16. The van der Waals surface area contributed by atoms with Gasteiger partial charge >= 0.3 is 0 Å². The first-order valence-electron chi connectivity index (χ1n) is 13.3. The lowest BCUT2D eigenvalue weighted by Gasteiger charge is -2.12. The van der Waals surface area contributed by atoms with Crippen LogP contribution in [0.15, 0.2) is 72.8 Å². The molecule has 0 spiro atoms. The van der Waals surface area contributed by atoms with Crippen molar-refractivity contribution in [1.29, 1.82) is 0 Å². The molecule has 11 heteroatoms. The van der Waals surface area contributed by atoms with Gasteiger partial charge in [0.05, 0.1) is 19.8 Å². The Morgan fingerprint density at radius 1 is 0.805 bits per heavy atom. The minimum Gasteiger partial charge on any atom is -0.508 e. The summed E-state index contributed by atoms with van der Waals surface area (Å²) in [6.07, 6.45) is 0.847. The van der Waals surface area contributed by atoms with Crippen LogP contribution in [0.5, 0.6) is 5.75 Å². The zero-order valence-electron chi connectivity index (χ0n) is 22.8. The first kappa shape index (κ1) is 29.4. The lowest BCUT2D eigenvalue weighted by Crippen LogP contribution is -2.15. The number of Topliss-reactive ketones (excluding diaryl/α,β-unsaturated/α-hetero) is 1. The molecule has 0 aliphatic rings. The Morgan fingerprint density at radius 2 is 1.44 bits per heavy atom. The molecule has 0 saturated heterocycles. The smallest absolute Gasteiger partial charge is 0.233 e. The van der Waals surface area contributed by atoms with Gasteiger partial charge in [-0.1, -0.05) is 18.2 Å². The largest absolute Gasteiger partial charge is 0.508 e. The molecular formula is C30H33FN6O4. The molecule has 0 unspecified atom stereocenters. The number of benzene rings is 3. The standard InChI is InChI=1S/C30H33FN6O4/c1-21-18-22(20-23(31)19-21)27(39)8-5-14-40-16-17-41-15-13-32-28-35-29(33-24-6-3-2-4-7-24)37-30(36-28)34-25-9-11-26(38)12-10-25/h2-4,6-7,9-12,18-20,38H,5,8,13-17H2,1H3,(H3,32,33,34,35,36,37). The van der Waals surface area contributed by atoms with E-state index in [-0.39, 0.29) is 11.5 Å². The zero-order valence-corrected chi connectivity index (χ0v) is 22.8. The number of aromatic hydroxyl groups is 1. The van der Waals surface area contributed by atoms with Crippen molar-refractivity contribution in [2.24, 2.45) is 0 Å². The number of para-hydroxylation sites is 1. The summed E-state index contributed by atoms with van der Waals surface area (Å²) >= 11 is 0. The number of carbonyl (C=O) groups excluding carboxylic acids is 1. The summed E-state index contributed by atoms with van der Waals surface area (Å²) in [5.74, 6) is 0.707. The summed E-state index contributed by atoms with van der Waals surface area (Å²) in [5, 5.41) is 19.0. The SMILES string of the molecule is Cc1cc(F)cc(C(=O)CCCOCCOCCNc2nc(Nc3ccccc3)nc(Nc3ccc(O)cc3)n2)c1. The fraction of sp³-hybridized carbons (Fsp3) is 0.267. The van der Waals surface area contributed by atoms with Crippen molar-refractivity contribution in [3.63, 3.8) is 0 Å². The summed E-state index contributed by atoms with van der Waals surface area (Å²) < 4.78 is 24.7. The number of nitrogens with zero attached hydrogens (tertiary/aromatic N) is 3. The van der Waals surface area contributed by atoms with Crippen molar-refractivity contribution in [2.75, 3.05) is 48.9 Å². The van der Waals surface area contributed by atoms with Gasteiger partial charge in [0, 0.05) is 36.5 Å². The van der Waals surface area contributed by atoms with Crippen molar-refractivity contribution in [2.45, 2.75) is 19.8 Å². The molecule has 4 N–H and O–H groups in total. The maximum Gasteiger partial charge on any atom is 0.233 e. The molecule has 0 atom stereocenters. The van der Waals surface area contributed by atoms with Crippen LogP contribution in [0.2, 0.25) is 0 Å². The normalized spacial score (nSPS) is 10.8. The van der Waals surface area contributed by atoms with E-state index >= 15 is 0 Å². The lowest BCUT2D eigenvalue weighted by molar-refractivity contribution is 0.0497. The fourth-order valence-corrected chi connectivity index (χ4v) is 3.82. The van der Waals surface area contributed by atoms with E-state index in [0.717, 1.165) is 11.3 Å². The highest BCUT2D eigenvalue weighted by Gasteiger charge is 2.09. The van der Waals surface area contributed by atoms with Crippen LogP contribution in [0.3, 0.4) is 0 Å². The Morgan fingerprint density at radius 3 is 2.12 bits per heavy atom. The molecule has 3 aromatic carbocycles. The molecule has 0 saturated carbocycles. The number of hydrogen-bond donors (Lipinski definition) is 4. The van der Waals surface area contributed by atoms with Crippen LogP contribution in [0.1, 0.15) is 28.8 Å². The molecule has 4 rings (SSSR count). The number of anilines is 5. The lowest BCUT2D eigenvalue weighted by atomic mass is 10.0. The molecule has 1 heterocycles. The number of ketones is 1. The summed E-state index contributed by atoms with van der Waals surface area (Å²) in [4.78, 5) is 25.5. The number of halogens is 1. The maximum absolute atomic E-state index is 13.5. The van der Waals surface area contributed by atoms with Gasteiger partial charge in [0.2, 0.25) is 17.8 Å². The third kappa shape index (κ3) is 10.1. The fourth-order valence-electron chi connectivity index (χ4n) is 3.82. The highest BCUT2D eigenvalue weighted by molar-refractivity contribution is 5.96. The van der Waals surface area contributed by atoms with Gasteiger partial charge in [0.15, 0.2) is 5.78 Å². The molecule has 0 aliphatic heterocycles. The predicted molar refractivity (Wildman–Crippen MR) is 156 cm³/mol. The number of carbonyl (C=O) groups is 1. The van der Waals surface area contributed by atoms with Gasteiger partial charge in [-0.05, 0) is 73.5 Å². The van der Waals surface area contributed by atoms with E-state index in [1.54, 1.807) is 37.3 Å². The number of rotatable bonds is 16. The van der Waals surface area contributed by atoms with Crippen molar-refractivity contribution in [1.82, 2.24) is 15.0 Å². The monoisotopic (exact) mass is 560 g/mol. The van der Waals surface area contributed by atoms with Crippen LogP contribution < -0.4 is 16.0 Å². The van der Waals surface area contributed by atoms with Crippen LogP contribution >= 0.6 is 0 Å². The van der Waals surface area contributed by atoms with E-state index in [1.807, 2.05) is 30.3 Å². The highest BCUT2D eigenvalue weighted by atomic mass is 19.1. The molecule has 0 fully saturated rings. The van der Waals surface area contributed by atoms with Crippen LogP contribution in [-0.4, -0.2) is 58.8 Å². The maximum atomic E-state index is 13.5.